The lowest BCUT2D eigenvalue weighted by atomic mass is 10.1. The zero-order chi connectivity index (χ0) is 11.2. The van der Waals surface area contributed by atoms with Crippen molar-refractivity contribution < 1.29 is 9.84 Å². The van der Waals surface area contributed by atoms with Gasteiger partial charge in [0.25, 0.3) is 0 Å². The average Bonchev–Trinajstić information content (AvgIpc) is 2.57. The van der Waals surface area contributed by atoms with Crippen LogP contribution in [0.4, 0.5) is 0 Å². The highest BCUT2D eigenvalue weighted by molar-refractivity contribution is 5.25. The van der Waals surface area contributed by atoms with Gasteiger partial charge in [-0.25, -0.2) is 0 Å². The summed E-state index contributed by atoms with van der Waals surface area (Å²) in [6.45, 7) is 0.672. The lowest BCUT2D eigenvalue weighted by Gasteiger charge is -2.15. The van der Waals surface area contributed by atoms with Gasteiger partial charge in [0.2, 0.25) is 0 Å². The largest absolute Gasteiger partial charge is 0.508 e. The van der Waals surface area contributed by atoms with Gasteiger partial charge in [-0.05, 0) is 30.5 Å². The number of hydrogen-bond acceptors (Lipinski definition) is 2. The van der Waals surface area contributed by atoms with E-state index in [1.165, 1.54) is 38.5 Å². The second-order valence-corrected chi connectivity index (χ2v) is 4.59. The van der Waals surface area contributed by atoms with Gasteiger partial charge in [0.15, 0.2) is 0 Å². The third-order valence-electron chi connectivity index (χ3n) is 3.22. The van der Waals surface area contributed by atoms with Gasteiger partial charge >= 0.3 is 0 Å². The standard InChI is InChI=1S/C14H20O2/c15-13-9-7-12(8-10-13)11-16-14-5-3-1-2-4-6-14/h7-10,14-15H,1-6,11H2. The molecule has 0 radical (unpaired) electrons. The zero-order valence-electron chi connectivity index (χ0n) is 9.69. The molecule has 1 aliphatic rings. The topological polar surface area (TPSA) is 29.5 Å². The maximum Gasteiger partial charge on any atom is 0.115 e. The first kappa shape index (κ1) is 11.5. The Kier molecular flexibility index (Phi) is 4.23. The van der Waals surface area contributed by atoms with Gasteiger partial charge in [-0.2, -0.15) is 0 Å². The molecule has 0 unspecified atom stereocenters. The van der Waals surface area contributed by atoms with E-state index in [-0.39, 0.29) is 0 Å². The van der Waals surface area contributed by atoms with Gasteiger partial charge in [-0.3, -0.25) is 0 Å². The van der Waals surface area contributed by atoms with Gasteiger partial charge < -0.3 is 9.84 Å². The molecule has 0 spiro atoms. The minimum Gasteiger partial charge on any atom is -0.508 e. The van der Waals surface area contributed by atoms with Crippen LogP contribution in [0.25, 0.3) is 0 Å². The Balaban J connectivity index is 1.79. The Morgan fingerprint density at radius 1 is 1.00 bits per heavy atom. The van der Waals surface area contributed by atoms with Crippen LogP contribution in [-0.2, 0) is 11.3 Å². The maximum absolute atomic E-state index is 9.17. The first-order valence-electron chi connectivity index (χ1n) is 6.24. The Bertz CT molecular complexity index is 297. The normalized spacial score (nSPS) is 18.2. The second-order valence-electron chi connectivity index (χ2n) is 4.59. The predicted molar refractivity (Wildman–Crippen MR) is 64.4 cm³/mol. The molecule has 0 atom stereocenters. The van der Waals surface area contributed by atoms with Crippen LogP contribution in [0.2, 0.25) is 0 Å². The van der Waals surface area contributed by atoms with E-state index in [1.54, 1.807) is 12.1 Å². The molecule has 2 rings (SSSR count). The Morgan fingerprint density at radius 3 is 2.25 bits per heavy atom. The Labute approximate surface area is 97.3 Å². The SMILES string of the molecule is Oc1ccc(COC2CCCCCC2)cc1. The fraction of sp³-hybridized carbons (Fsp3) is 0.571. The van der Waals surface area contributed by atoms with Crippen molar-refractivity contribution in [3.05, 3.63) is 29.8 Å². The van der Waals surface area contributed by atoms with Crippen LogP contribution in [0.1, 0.15) is 44.1 Å². The summed E-state index contributed by atoms with van der Waals surface area (Å²) in [5.74, 6) is 0.318. The summed E-state index contributed by atoms with van der Waals surface area (Å²) in [5.41, 5.74) is 1.14. The summed E-state index contributed by atoms with van der Waals surface area (Å²) in [7, 11) is 0. The van der Waals surface area contributed by atoms with Gasteiger partial charge in [0.1, 0.15) is 5.75 Å². The van der Waals surface area contributed by atoms with Crippen LogP contribution in [-0.4, -0.2) is 11.2 Å². The van der Waals surface area contributed by atoms with Gasteiger partial charge in [0, 0.05) is 0 Å². The first-order valence-corrected chi connectivity index (χ1v) is 6.24. The summed E-state index contributed by atoms with van der Waals surface area (Å²) in [6, 6.07) is 7.27. The molecule has 0 saturated heterocycles. The van der Waals surface area contributed by atoms with Gasteiger partial charge in [-0.15, -0.1) is 0 Å². The number of aromatic hydroxyl groups is 1. The van der Waals surface area contributed by atoms with Crippen molar-refractivity contribution in [2.45, 2.75) is 51.2 Å². The molecule has 16 heavy (non-hydrogen) atoms. The number of phenolic OH excluding ortho intramolecular Hbond substituents is 1. The van der Waals surface area contributed by atoms with Crippen LogP contribution < -0.4 is 0 Å². The molecular weight excluding hydrogens is 200 g/mol. The minimum atomic E-state index is 0.318. The quantitative estimate of drug-likeness (QED) is 0.788. The lowest BCUT2D eigenvalue weighted by molar-refractivity contribution is 0.0310. The number of rotatable bonds is 3. The summed E-state index contributed by atoms with van der Waals surface area (Å²) in [4.78, 5) is 0. The molecule has 1 aromatic carbocycles. The monoisotopic (exact) mass is 220 g/mol. The molecule has 1 aromatic rings. The van der Waals surface area contributed by atoms with Crippen molar-refractivity contribution in [3.63, 3.8) is 0 Å². The van der Waals surface area contributed by atoms with E-state index in [0.717, 1.165) is 5.56 Å². The molecule has 1 fully saturated rings. The van der Waals surface area contributed by atoms with Crippen molar-refractivity contribution in [1.29, 1.82) is 0 Å². The number of benzene rings is 1. The third-order valence-corrected chi connectivity index (χ3v) is 3.22. The molecule has 1 aliphatic carbocycles. The smallest absolute Gasteiger partial charge is 0.115 e. The third kappa shape index (κ3) is 3.53. The average molecular weight is 220 g/mol. The summed E-state index contributed by atoms with van der Waals surface area (Å²) >= 11 is 0. The lowest BCUT2D eigenvalue weighted by Crippen LogP contribution is -2.11. The molecule has 0 bridgehead atoms. The van der Waals surface area contributed by atoms with E-state index in [2.05, 4.69) is 0 Å². The van der Waals surface area contributed by atoms with Crippen LogP contribution in [0.15, 0.2) is 24.3 Å². The van der Waals surface area contributed by atoms with E-state index < -0.39 is 0 Å². The second kappa shape index (κ2) is 5.90. The van der Waals surface area contributed by atoms with Crippen LogP contribution >= 0.6 is 0 Å². The molecule has 0 aromatic heterocycles. The molecule has 2 nitrogen and oxygen atoms in total. The molecule has 0 heterocycles. The Hall–Kier alpha value is -1.02. The van der Waals surface area contributed by atoms with E-state index in [4.69, 9.17) is 9.84 Å². The fourth-order valence-corrected chi connectivity index (χ4v) is 2.21. The molecular formula is C14H20O2. The zero-order valence-corrected chi connectivity index (χ0v) is 9.69. The maximum atomic E-state index is 9.17. The summed E-state index contributed by atoms with van der Waals surface area (Å²) in [6.07, 6.45) is 8.19. The van der Waals surface area contributed by atoms with Crippen LogP contribution in [0.5, 0.6) is 5.75 Å². The molecule has 1 N–H and O–H groups in total. The molecule has 0 amide bonds. The molecule has 1 saturated carbocycles. The van der Waals surface area contributed by atoms with Gasteiger partial charge in [-0.1, -0.05) is 37.8 Å². The summed E-state index contributed by atoms with van der Waals surface area (Å²) in [5, 5.41) is 9.17. The highest BCUT2D eigenvalue weighted by atomic mass is 16.5. The predicted octanol–water partition coefficient (Wildman–Crippen LogP) is 3.63. The van der Waals surface area contributed by atoms with Crippen molar-refractivity contribution in [2.75, 3.05) is 0 Å². The fourth-order valence-electron chi connectivity index (χ4n) is 2.21. The van der Waals surface area contributed by atoms with E-state index in [1.807, 2.05) is 12.1 Å². The van der Waals surface area contributed by atoms with Crippen molar-refractivity contribution in [3.8, 4) is 5.75 Å². The summed E-state index contributed by atoms with van der Waals surface area (Å²) < 4.78 is 5.91. The van der Waals surface area contributed by atoms with Crippen molar-refractivity contribution in [2.24, 2.45) is 0 Å². The van der Waals surface area contributed by atoms with E-state index >= 15 is 0 Å². The Morgan fingerprint density at radius 2 is 1.62 bits per heavy atom. The minimum absolute atomic E-state index is 0.318. The first-order chi connectivity index (χ1) is 7.84. The number of phenols is 1. The number of hydrogen-bond donors (Lipinski definition) is 1. The highest BCUT2D eigenvalue weighted by Crippen LogP contribution is 2.21. The highest BCUT2D eigenvalue weighted by Gasteiger charge is 2.12. The van der Waals surface area contributed by atoms with Crippen molar-refractivity contribution in [1.82, 2.24) is 0 Å². The molecule has 88 valence electrons. The molecule has 2 heteroatoms. The number of ether oxygens (including phenoxy) is 1. The van der Waals surface area contributed by atoms with E-state index in [9.17, 15) is 0 Å². The van der Waals surface area contributed by atoms with Crippen LogP contribution in [0, 0.1) is 0 Å². The van der Waals surface area contributed by atoms with Crippen molar-refractivity contribution >= 4 is 0 Å². The van der Waals surface area contributed by atoms with Crippen LogP contribution in [0.3, 0.4) is 0 Å². The molecule has 0 aliphatic heterocycles. The van der Waals surface area contributed by atoms with E-state index in [0.29, 0.717) is 18.5 Å². The van der Waals surface area contributed by atoms with Gasteiger partial charge in [0.05, 0.1) is 12.7 Å².